The average molecular weight is 330 g/mol. The number of fused-ring (bicyclic) bond motifs is 6. The monoisotopic (exact) mass is 330 g/mol. The van der Waals surface area contributed by atoms with Crippen molar-refractivity contribution in [3.63, 3.8) is 0 Å². The maximum absolute atomic E-state index is 12.6. The molecule has 128 valence electrons. The van der Waals surface area contributed by atoms with Crippen molar-refractivity contribution in [3.8, 4) is 0 Å². The van der Waals surface area contributed by atoms with Crippen LogP contribution < -0.4 is 0 Å². The van der Waals surface area contributed by atoms with Crippen molar-refractivity contribution in [2.24, 2.45) is 11.8 Å². The van der Waals surface area contributed by atoms with Gasteiger partial charge in [-0.1, -0.05) is 49.8 Å². The number of allylic oxidation sites excluding steroid dienone is 2. The molecule has 2 aromatic rings. The maximum atomic E-state index is 12.6. The molecule has 0 aromatic heterocycles. The van der Waals surface area contributed by atoms with E-state index < -0.39 is 0 Å². The first kappa shape index (κ1) is 15.4. The summed E-state index contributed by atoms with van der Waals surface area (Å²) < 4.78 is 0. The molecule has 3 unspecified atom stereocenters. The van der Waals surface area contributed by atoms with Gasteiger partial charge in [-0.3, -0.25) is 4.79 Å². The highest BCUT2D eigenvalue weighted by Crippen LogP contribution is 2.58. The van der Waals surface area contributed by atoms with Gasteiger partial charge in [-0.05, 0) is 71.0 Å². The predicted octanol–water partition coefficient (Wildman–Crippen LogP) is 5.53. The van der Waals surface area contributed by atoms with E-state index in [9.17, 15) is 4.79 Å². The lowest BCUT2D eigenvalue weighted by molar-refractivity contribution is -0.120. The van der Waals surface area contributed by atoms with Crippen molar-refractivity contribution in [1.82, 2.24) is 0 Å². The molecule has 5 rings (SSSR count). The van der Waals surface area contributed by atoms with Crippen molar-refractivity contribution in [2.75, 3.05) is 0 Å². The van der Waals surface area contributed by atoms with E-state index in [-0.39, 0.29) is 5.41 Å². The molecule has 1 nitrogen and oxygen atoms in total. The van der Waals surface area contributed by atoms with Gasteiger partial charge in [0.2, 0.25) is 0 Å². The Kier molecular flexibility index (Phi) is 3.42. The normalized spacial score (nSPS) is 29.7. The van der Waals surface area contributed by atoms with Crippen LogP contribution in [0.2, 0.25) is 0 Å². The summed E-state index contributed by atoms with van der Waals surface area (Å²) in [5.74, 6) is 1.70. The molecule has 0 radical (unpaired) electrons. The van der Waals surface area contributed by atoms with Gasteiger partial charge in [0, 0.05) is 18.3 Å². The van der Waals surface area contributed by atoms with Crippen LogP contribution in [0.5, 0.6) is 0 Å². The zero-order chi connectivity index (χ0) is 17.0. The Balaban J connectivity index is 1.71. The molecule has 2 bridgehead atoms. The SMILES string of the molecule is CCCCc1cccc2cc3c(cc12)C1(CC(=O)C3)CC2C=CC1C2. The molecule has 1 heteroatoms. The number of aryl methyl sites for hydroxylation is 1. The summed E-state index contributed by atoms with van der Waals surface area (Å²) in [7, 11) is 0. The molecule has 0 aliphatic heterocycles. The summed E-state index contributed by atoms with van der Waals surface area (Å²) in [6.45, 7) is 2.26. The van der Waals surface area contributed by atoms with Crippen LogP contribution in [0.4, 0.5) is 0 Å². The molecule has 2 aromatic carbocycles. The van der Waals surface area contributed by atoms with Gasteiger partial charge >= 0.3 is 0 Å². The van der Waals surface area contributed by atoms with E-state index in [0.717, 1.165) is 12.8 Å². The minimum absolute atomic E-state index is 0.0934. The topological polar surface area (TPSA) is 17.1 Å². The summed E-state index contributed by atoms with van der Waals surface area (Å²) in [5.41, 5.74) is 4.38. The van der Waals surface area contributed by atoms with E-state index in [4.69, 9.17) is 0 Å². The van der Waals surface area contributed by atoms with Crippen LogP contribution in [0.15, 0.2) is 42.5 Å². The predicted molar refractivity (Wildman–Crippen MR) is 103 cm³/mol. The molecule has 3 atom stereocenters. The van der Waals surface area contributed by atoms with Gasteiger partial charge in [-0.15, -0.1) is 0 Å². The van der Waals surface area contributed by atoms with Gasteiger partial charge in [0.05, 0.1) is 0 Å². The lowest BCUT2D eigenvalue weighted by atomic mass is 9.62. The van der Waals surface area contributed by atoms with Crippen molar-refractivity contribution in [3.05, 3.63) is 59.2 Å². The number of carbonyl (C=O) groups is 1. The molecule has 25 heavy (non-hydrogen) atoms. The molecule has 1 saturated carbocycles. The summed E-state index contributed by atoms with van der Waals surface area (Å²) >= 11 is 0. The number of unbranched alkanes of at least 4 members (excludes halogenated alkanes) is 1. The molecule has 0 amide bonds. The smallest absolute Gasteiger partial charge is 0.138 e. The number of ketones is 1. The molecule has 0 heterocycles. The Labute approximate surface area is 150 Å². The first-order valence-electron chi connectivity index (χ1n) is 9.94. The zero-order valence-corrected chi connectivity index (χ0v) is 15.1. The van der Waals surface area contributed by atoms with Crippen molar-refractivity contribution in [1.29, 1.82) is 0 Å². The van der Waals surface area contributed by atoms with Crippen LogP contribution in [0.25, 0.3) is 10.8 Å². The maximum Gasteiger partial charge on any atom is 0.138 e. The van der Waals surface area contributed by atoms with E-state index in [1.165, 1.54) is 53.1 Å². The standard InChI is InChI=1S/C24H26O/c1-2-3-5-17-6-4-7-18-11-19-12-21(25)15-24(23(19)13-22(17)18)14-16-8-9-20(24)10-16/h4,6-9,11,13,16,20H,2-3,5,10,12,14-15H2,1H3. The van der Waals surface area contributed by atoms with Crippen molar-refractivity contribution in [2.45, 2.75) is 57.3 Å². The van der Waals surface area contributed by atoms with Gasteiger partial charge in [0.1, 0.15) is 5.78 Å². The van der Waals surface area contributed by atoms with Gasteiger partial charge in [-0.25, -0.2) is 0 Å². The third-order valence-electron chi connectivity index (χ3n) is 6.94. The number of carbonyl (C=O) groups excluding carboxylic acids is 1. The molecular weight excluding hydrogens is 304 g/mol. The number of Topliss-reactive ketones (excluding diaryl/α,β-unsaturated/α-hetero) is 1. The van der Waals surface area contributed by atoms with Crippen LogP contribution in [-0.4, -0.2) is 5.78 Å². The number of hydrogen-bond acceptors (Lipinski definition) is 1. The fourth-order valence-electron chi connectivity index (χ4n) is 5.82. The van der Waals surface area contributed by atoms with Crippen LogP contribution >= 0.6 is 0 Å². The second-order valence-electron chi connectivity index (χ2n) is 8.49. The molecule has 1 fully saturated rings. The van der Waals surface area contributed by atoms with Crippen LogP contribution in [0, 0.1) is 11.8 Å². The average Bonchev–Trinajstić information content (AvgIpc) is 3.19. The Morgan fingerprint density at radius 3 is 2.88 bits per heavy atom. The molecule has 1 spiro atoms. The zero-order valence-electron chi connectivity index (χ0n) is 15.1. The first-order valence-corrected chi connectivity index (χ1v) is 9.94. The second kappa shape index (κ2) is 5.56. The Morgan fingerprint density at radius 2 is 2.12 bits per heavy atom. The molecule has 3 aliphatic carbocycles. The van der Waals surface area contributed by atoms with Crippen LogP contribution in [0.1, 0.15) is 55.7 Å². The van der Waals surface area contributed by atoms with Gasteiger partial charge in [-0.2, -0.15) is 0 Å². The Hall–Kier alpha value is -1.89. The highest BCUT2D eigenvalue weighted by molar-refractivity contribution is 5.92. The number of benzene rings is 2. The number of rotatable bonds is 3. The Morgan fingerprint density at radius 1 is 1.20 bits per heavy atom. The third-order valence-corrected chi connectivity index (χ3v) is 6.94. The summed E-state index contributed by atoms with van der Waals surface area (Å²) in [5, 5.41) is 2.74. The fraction of sp³-hybridized carbons (Fsp3) is 0.458. The summed E-state index contributed by atoms with van der Waals surface area (Å²) in [6, 6.07) is 11.5. The Bertz CT molecular complexity index is 890. The summed E-state index contributed by atoms with van der Waals surface area (Å²) in [6.07, 6.45) is 12.2. The van der Waals surface area contributed by atoms with E-state index in [2.05, 4.69) is 49.4 Å². The third kappa shape index (κ3) is 2.25. The summed E-state index contributed by atoms with van der Waals surface area (Å²) in [4.78, 5) is 12.6. The van der Waals surface area contributed by atoms with E-state index >= 15 is 0 Å². The van der Waals surface area contributed by atoms with Gasteiger partial charge in [0.15, 0.2) is 0 Å². The fourth-order valence-corrected chi connectivity index (χ4v) is 5.82. The van der Waals surface area contributed by atoms with Gasteiger partial charge < -0.3 is 0 Å². The highest BCUT2D eigenvalue weighted by Gasteiger charge is 2.52. The number of hydrogen-bond donors (Lipinski definition) is 0. The van der Waals surface area contributed by atoms with Crippen LogP contribution in [0.3, 0.4) is 0 Å². The minimum Gasteiger partial charge on any atom is -0.299 e. The van der Waals surface area contributed by atoms with E-state index in [0.29, 0.717) is 24.0 Å². The van der Waals surface area contributed by atoms with Crippen LogP contribution in [-0.2, 0) is 23.1 Å². The minimum atomic E-state index is 0.0934. The van der Waals surface area contributed by atoms with Crippen molar-refractivity contribution < 1.29 is 4.79 Å². The quantitative estimate of drug-likeness (QED) is 0.676. The lowest BCUT2D eigenvalue weighted by Gasteiger charge is -2.40. The first-order chi connectivity index (χ1) is 12.2. The molecule has 3 aliphatic rings. The second-order valence-corrected chi connectivity index (χ2v) is 8.49. The van der Waals surface area contributed by atoms with Crippen molar-refractivity contribution >= 4 is 16.6 Å². The van der Waals surface area contributed by atoms with E-state index in [1.54, 1.807) is 0 Å². The van der Waals surface area contributed by atoms with Gasteiger partial charge in [0.25, 0.3) is 0 Å². The largest absolute Gasteiger partial charge is 0.299 e. The van der Waals surface area contributed by atoms with E-state index in [1.807, 2.05) is 0 Å². The molecular formula is C24H26O. The molecule has 0 saturated heterocycles. The highest BCUT2D eigenvalue weighted by atomic mass is 16.1. The molecule has 0 N–H and O–H groups in total. The lowest BCUT2D eigenvalue weighted by Crippen LogP contribution is -2.38.